The van der Waals surface area contributed by atoms with Gasteiger partial charge in [0.1, 0.15) is 6.10 Å². The maximum atomic E-state index is 11.8. The van der Waals surface area contributed by atoms with Gasteiger partial charge in [0.15, 0.2) is 0 Å². The van der Waals surface area contributed by atoms with E-state index in [1.807, 2.05) is 5.57 Å². The van der Waals surface area contributed by atoms with Crippen LogP contribution in [0.3, 0.4) is 0 Å². The molecule has 4 aliphatic carbocycles. The third-order valence-corrected chi connectivity index (χ3v) is 11.5. The van der Waals surface area contributed by atoms with Crippen LogP contribution in [-0.4, -0.2) is 36.9 Å². The van der Waals surface area contributed by atoms with Crippen molar-refractivity contribution in [3.8, 4) is 0 Å². The van der Waals surface area contributed by atoms with Gasteiger partial charge in [-0.3, -0.25) is 4.79 Å². The SMILES string of the molecule is CC(=O)O[C@H]1CC[C@]2(C)C3=C(CC[C@H]2C1(C)C)[C@]1(C)CC[C@H]([C@H](C)CNCCO)[C@@]1(C)CC3. The number of carbonyl (C=O) groups is 1. The predicted molar refractivity (Wildman–Crippen MR) is 134 cm³/mol. The van der Waals surface area contributed by atoms with Gasteiger partial charge in [0.2, 0.25) is 0 Å². The van der Waals surface area contributed by atoms with Crippen LogP contribution in [-0.2, 0) is 9.53 Å². The first kappa shape index (κ1) is 25.2. The summed E-state index contributed by atoms with van der Waals surface area (Å²) in [6.45, 7) is 18.4. The average molecular weight is 460 g/mol. The van der Waals surface area contributed by atoms with Crippen molar-refractivity contribution in [1.82, 2.24) is 5.32 Å². The van der Waals surface area contributed by atoms with E-state index in [9.17, 15) is 9.90 Å². The van der Waals surface area contributed by atoms with E-state index >= 15 is 0 Å². The molecule has 0 aromatic rings. The molecule has 7 atom stereocenters. The number of hydrogen-bond acceptors (Lipinski definition) is 4. The Balaban J connectivity index is 1.63. The highest BCUT2D eigenvalue weighted by Crippen LogP contribution is 2.72. The fourth-order valence-corrected chi connectivity index (χ4v) is 9.58. The summed E-state index contributed by atoms with van der Waals surface area (Å²) in [4.78, 5) is 11.8. The normalized spacial score (nSPS) is 42.8. The van der Waals surface area contributed by atoms with E-state index < -0.39 is 0 Å². The van der Waals surface area contributed by atoms with Crippen molar-refractivity contribution in [2.75, 3.05) is 19.7 Å². The Morgan fingerprint density at radius 1 is 1.06 bits per heavy atom. The lowest BCUT2D eigenvalue weighted by molar-refractivity contribution is -0.167. The number of rotatable bonds is 6. The molecule has 0 aromatic heterocycles. The van der Waals surface area contributed by atoms with E-state index in [1.165, 1.54) is 38.5 Å². The Bertz CT molecular complexity index is 803. The van der Waals surface area contributed by atoms with Crippen LogP contribution in [0.25, 0.3) is 0 Å². The third-order valence-electron chi connectivity index (χ3n) is 11.5. The standard InChI is InChI=1S/C29H49NO3/c1-19(18-30-16-17-31)21-10-14-29(7)23-8-9-24-26(3,4)25(33-20(2)32)12-13-27(24,5)22(23)11-15-28(21,29)6/h19,21,24-25,30-31H,8-18H2,1-7H3/t19-,21-,24+,25+,27-,28-,29+/m1/s1. The largest absolute Gasteiger partial charge is 0.462 e. The highest BCUT2D eigenvalue weighted by Gasteiger charge is 2.63. The molecule has 4 rings (SSSR count). The zero-order valence-corrected chi connectivity index (χ0v) is 22.4. The molecule has 0 bridgehead atoms. The highest BCUT2D eigenvalue weighted by atomic mass is 16.5. The summed E-state index contributed by atoms with van der Waals surface area (Å²) in [5, 5.41) is 12.6. The first-order valence-electron chi connectivity index (χ1n) is 13.6. The molecule has 2 N–H and O–H groups in total. The smallest absolute Gasteiger partial charge is 0.302 e. The topological polar surface area (TPSA) is 58.6 Å². The molecule has 0 heterocycles. The minimum atomic E-state index is -0.132. The monoisotopic (exact) mass is 459 g/mol. The lowest BCUT2D eigenvalue weighted by atomic mass is 9.43. The van der Waals surface area contributed by atoms with Crippen LogP contribution >= 0.6 is 0 Å². The molecule has 2 saturated carbocycles. The van der Waals surface area contributed by atoms with Crippen molar-refractivity contribution in [3.63, 3.8) is 0 Å². The Morgan fingerprint density at radius 3 is 2.45 bits per heavy atom. The van der Waals surface area contributed by atoms with E-state index in [1.54, 1.807) is 12.5 Å². The lowest BCUT2D eigenvalue weighted by Gasteiger charge is -2.62. The number of nitrogens with one attached hydrogen (secondary N) is 1. The van der Waals surface area contributed by atoms with Gasteiger partial charge in [-0.1, -0.05) is 52.7 Å². The Morgan fingerprint density at radius 2 is 1.79 bits per heavy atom. The summed E-state index contributed by atoms with van der Waals surface area (Å²) >= 11 is 0. The molecule has 0 saturated heterocycles. The number of hydrogen-bond donors (Lipinski definition) is 2. The van der Waals surface area contributed by atoms with Crippen LogP contribution in [0.4, 0.5) is 0 Å². The van der Waals surface area contributed by atoms with Gasteiger partial charge in [0.25, 0.3) is 0 Å². The van der Waals surface area contributed by atoms with Gasteiger partial charge in [-0.2, -0.15) is 0 Å². The maximum Gasteiger partial charge on any atom is 0.302 e. The second-order valence-corrected chi connectivity index (χ2v) is 13.2. The van der Waals surface area contributed by atoms with Crippen LogP contribution < -0.4 is 5.32 Å². The zero-order chi connectivity index (χ0) is 24.2. The van der Waals surface area contributed by atoms with Crippen LogP contribution in [0.5, 0.6) is 0 Å². The number of aliphatic hydroxyl groups excluding tert-OH is 1. The van der Waals surface area contributed by atoms with Crippen molar-refractivity contribution in [2.24, 2.45) is 39.4 Å². The number of esters is 1. The molecule has 0 amide bonds. The van der Waals surface area contributed by atoms with E-state index in [2.05, 4.69) is 46.9 Å². The lowest BCUT2D eigenvalue weighted by Crippen LogP contribution is -2.55. The first-order chi connectivity index (χ1) is 15.4. The third kappa shape index (κ3) is 3.73. The van der Waals surface area contributed by atoms with Gasteiger partial charge in [0, 0.05) is 18.9 Å². The molecule has 0 aromatic carbocycles. The van der Waals surface area contributed by atoms with Gasteiger partial charge >= 0.3 is 5.97 Å². The fraction of sp³-hybridized carbons (Fsp3) is 0.897. The second kappa shape index (κ2) is 8.66. The molecule has 33 heavy (non-hydrogen) atoms. The molecular weight excluding hydrogens is 410 g/mol. The van der Waals surface area contributed by atoms with Crippen molar-refractivity contribution >= 4 is 5.97 Å². The van der Waals surface area contributed by atoms with Gasteiger partial charge in [-0.15, -0.1) is 0 Å². The van der Waals surface area contributed by atoms with E-state index in [-0.39, 0.29) is 29.5 Å². The summed E-state index contributed by atoms with van der Waals surface area (Å²) in [6.07, 6.45) is 9.82. The minimum Gasteiger partial charge on any atom is -0.462 e. The highest BCUT2D eigenvalue weighted by molar-refractivity contribution is 5.66. The van der Waals surface area contributed by atoms with Crippen molar-refractivity contribution in [2.45, 2.75) is 106 Å². The van der Waals surface area contributed by atoms with Crippen LogP contribution in [0, 0.1) is 39.4 Å². The second-order valence-electron chi connectivity index (χ2n) is 13.2. The molecule has 0 radical (unpaired) electrons. The summed E-state index contributed by atoms with van der Waals surface area (Å²) < 4.78 is 5.85. The van der Waals surface area contributed by atoms with Crippen molar-refractivity contribution in [3.05, 3.63) is 11.1 Å². The maximum absolute atomic E-state index is 11.8. The minimum absolute atomic E-state index is 0.0178. The van der Waals surface area contributed by atoms with Crippen LogP contribution in [0.2, 0.25) is 0 Å². The van der Waals surface area contributed by atoms with Gasteiger partial charge in [0.05, 0.1) is 6.61 Å². The van der Waals surface area contributed by atoms with E-state index in [4.69, 9.17) is 4.74 Å². The summed E-state index contributed by atoms with van der Waals surface area (Å²) in [6, 6.07) is 0. The quantitative estimate of drug-likeness (QED) is 0.296. The number of ether oxygens (including phenoxy) is 1. The summed E-state index contributed by atoms with van der Waals surface area (Å²) in [5.41, 5.74) is 4.53. The first-order valence-corrected chi connectivity index (χ1v) is 13.6. The van der Waals surface area contributed by atoms with Crippen LogP contribution in [0.15, 0.2) is 11.1 Å². The van der Waals surface area contributed by atoms with Gasteiger partial charge < -0.3 is 15.2 Å². The molecule has 2 fully saturated rings. The molecule has 4 aliphatic rings. The number of fused-ring (bicyclic) bond motifs is 4. The Hall–Kier alpha value is -0.870. The molecule has 4 nitrogen and oxygen atoms in total. The molecular formula is C29H49NO3. The molecule has 4 heteroatoms. The zero-order valence-electron chi connectivity index (χ0n) is 22.4. The van der Waals surface area contributed by atoms with Gasteiger partial charge in [-0.05, 0) is 91.9 Å². The number of aliphatic hydroxyl groups is 1. The number of carbonyl (C=O) groups excluding carboxylic acids is 1. The van der Waals surface area contributed by atoms with Gasteiger partial charge in [-0.25, -0.2) is 0 Å². The van der Waals surface area contributed by atoms with Crippen molar-refractivity contribution in [1.29, 1.82) is 0 Å². The van der Waals surface area contributed by atoms with E-state index in [0.29, 0.717) is 29.2 Å². The van der Waals surface area contributed by atoms with Crippen LogP contribution in [0.1, 0.15) is 99.8 Å². The molecule has 0 spiro atoms. The Labute approximate surface area is 202 Å². The fourth-order valence-electron chi connectivity index (χ4n) is 9.58. The molecule has 0 aliphatic heterocycles. The molecule has 188 valence electrons. The van der Waals surface area contributed by atoms with E-state index in [0.717, 1.165) is 25.3 Å². The summed E-state index contributed by atoms with van der Waals surface area (Å²) in [7, 11) is 0. The summed E-state index contributed by atoms with van der Waals surface area (Å²) in [5.74, 6) is 1.82. The number of allylic oxidation sites excluding steroid dienone is 2. The predicted octanol–water partition coefficient (Wildman–Crippen LogP) is 5.89. The average Bonchev–Trinajstić information content (AvgIpc) is 3.02. The van der Waals surface area contributed by atoms with Crippen molar-refractivity contribution < 1.29 is 14.6 Å². The Kier molecular flexibility index (Phi) is 6.62. The molecule has 0 unspecified atom stereocenters.